The summed E-state index contributed by atoms with van der Waals surface area (Å²) in [7, 11) is 0. The normalized spacial score (nSPS) is 13.9. The van der Waals surface area contributed by atoms with Crippen molar-refractivity contribution in [2.45, 2.75) is 59.0 Å². The van der Waals surface area contributed by atoms with E-state index in [1.807, 2.05) is 27.7 Å². The second kappa shape index (κ2) is 5.99. The van der Waals surface area contributed by atoms with Gasteiger partial charge in [0.05, 0.1) is 0 Å². The fraction of sp³-hybridized carbons (Fsp3) is 0.833. The Morgan fingerprint density at radius 1 is 1.31 bits per heavy atom. The third-order valence-corrected chi connectivity index (χ3v) is 2.26. The van der Waals surface area contributed by atoms with Crippen molar-refractivity contribution in [1.82, 2.24) is 5.32 Å². The standard InChI is InChI=1S/C12H23NO3/c1-8(2)6-10(11(15)16)13-12(4,5)7-9(3)14/h8,10,13H,6-7H2,1-5H3,(H,15,16). The predicted octanol–water partition coefficient (Wildman–Crippen LogP) is 1.83. The number of ketones is 1. The summed E-state index contributed by atoms with van der Waals surface area (Å²) in [6.07, 6.45) is 0.908. The molecular weight excluding hydrogens is 206 g/mol. The Kier molecular flexibility index (Phi) is 5.65. The fourth-order valence-electron chi connectivity index (χ4n) is 1.84. The maximum absolute atomic E-state index is 11.1. The van der Waals surface area contributed by atoms with Crippen molar-refractivity contribution in [3.8, 4) is 0 Å². The van der Waals surface area contributed by atoms with E-state index < -0.39 is 17.6 Å². The molecule has 16 heavy (non-hydrogen) atoms. The Morgan fingerprint density at radius 3 is 2.12 bits per heavy atom. The SMILES string of the molecule is CC(=O)CC(C)(C)NC(CC(C)C)C(=O)O. The van der Waals surface area contributed by atoms with Crippen LogP contribution in [-0.2, 0) is 9.59 Å². The summed E-state index contributed by atoms with van der Waals surface area (Å²) in [6, 6.07) is -0.589. The highest BCUT2D eigenvalue weighted by Gasteiger charge is 2.28. The monoisotopic (exact) mass is 229 g/mol. The smallest absolute Gasteiger partial charge is 0.320 e. The summed E-state index contributed by atoms with van der Waals surface area (Å²) in [5.74, 6) is -0.488. The van der Waals surface area contributed by atoms with E-state index in [4.69, 9.17) is 5.11 Å². The topological polar surface area (TPSA) is 66.4 Å². The first-order valence-corrected chi connectivity index (χ1v) is 5.64. The van der Waals surface area contributed by atoms with Gasteiger partial charge in [0, 0.05) is 12.0 Å². The first-order valence-electron chi connectivity index (χ1n) is 5.64. The lowest BCUT2D eigenvalue weighted by Gasteiger charge is -2.30. The Balaban J connectivity index is 4.49. The second-order valence-corrected chi connectivity index (χ2v) is 5.43. The van der Waals surface area contributed by atoms with Crippen LogP contribution in [0.5, 0.6) is 0 Å². The van der Waals surface area contributed by atoms with Gasteiger partial charge < -0.3 is 5.11 Å². The first kappa shape index (κ1) is 15.1. The Bertz CT molecular complexity index is 259. The first-order chi connectivity index (χ1) is 7.14. The molecule has 0 fully saturated rings. The summed E-state index contributed by atoms with van der Waals surface area (Å²) >= 11 is 0. The molecule has 1 atom stereocenters. The quantitative estimate of drug-likeness (QED) is 0.699. The molecule has 0 aromatic carbocycles. The lowest BCUT2D eigenvalue weighted by atomic mass is 9.94. The zero-order valence-electron chi connectivity index (χ0n) is 10.8. The molecular formula is C12H23NO3. The average Bonchev–Trinajstić information content (AvgIpc) is 1.98. The number of carboxylic acids is 1. The zero-order valence-corrected chi connectivity index (χ0v) is 10.8. The molecule has 1 unspecified atom stereocenters. The van der Waals surface area contributed by atoms with Crippen LogP contribution in [-0.4, -0.2) is 28.4 Å². The van der Waals surface area contributed by atoms with Crippen molar-refractivity contribution >= 4 is 11.8 Å². The molecule has 0 aliphatic heterocycles. The lowest BCUT2D eigenvalue weighted by Crippen LogP contribution is -2.50. The molecule has 0 heterocycles. The van der Waals surface area contributed by atoms with Gasteiger partial charge in [0.2, 0.25) is 0 Å². The number of carbonyl (C=O) groups is 2. The molecule has 4 nitrogen and oxygen atoms in total. The van der Waals surface area contributed by atoms with E-state index in [1.165, 1.54) is 6.92 Å². The van der Waals surface area contributed by atoms with Gasteiger partial charge in [0.25, 0.3) is 0 Å². The van der Waals surface area contributed by atoms with Gasteiger partial charge >= 0.3 is 5.97 Å². The van der Waals surface area contributed by atoms with Crippen LogP contribution in [0.3, 0.4) is 0 Å². The minimum atomic E-state index is -0.856. The highest BCUT2D eigenvalue weighted by Crippen LogP contribution is 2.14. The third kappa shape index (κ3) is 6.56. The van der Waals surface area contributed by atoms with Gasteiger partial charge in [-0.1, -0.05) is 13.8 Å². The number of nitrogens with one attached hydrogen (secondary N) is 1. The number of carbonyl (C=O) groups excluding carboxylic acids is 1. The largest absolute Gasteiger partial charge is 0.480 e. The number of carboxylic acid groups (broad SMARTS) is 1. The zero-order chi connectivity index (χ0) is 12.9. The third-order valence-electron chi connectivity index (χ3n) is 2.26. The van der Waals surface area contributed by atoms with Crippen molar-refractivity contribution in [2.24, 2.45) is 5.92 Å². The molecule has 0 spiro atoms. The fourth-order valence-corrected chi connectivity index (χ4v) is 1.84. The molecule has 94 valence electrons. The van der Waals surface area contributed by atoms with Crippen molar-refractivity contribution < 1.29 is 14.7 Å². The Labute approximate surface area is 97.4 Å². The van der Waals surface area contributed by atoms with Gasteiger partial charge in [0.1, 0.15) is 11.8 Å². The molecule has 0 aromatic rings. The van der Waals surface area contributed by atoms with Crippen molar-refractivity contribution in [3.63, 3.8) is 0 Å². The second-order valence-electron chi connectivity index (χ2n) is 5.43. The highest BCUT2D eigenvalue weighted by molar-refractivity contribution is 5.77. The minimum Gasteiger partial charge on any atom is -0.480 e. The molecule has 0 amide bonds. The van der Waals surface area contributed by atoms with E-state index in [9.17, 15) is 9.59 Å². The van der Waals surface area contributed by atoms with E-state index in [0.29, 0.717) is 18.8 Å². The Hall–Kier alpha value is -0.900. The van der Waals surface area contributed by atoms with Crippen LogP contribution >= 0.6 is 0 Å². The average molecular weight is 229 g/mol. The molecule has 0 saturated carbocycles. The summed E-state index contributed by atoms with van der Waals surface area (Å²) in [5, 5.41) is 12.1. The molecule has 0 aliphatic carbocycles. The van der Waals surface area contributed by atoms with Crippen LogP contribution in [0.15, 0.2) is 0 Å². The minimum absolute atomic E-state index is 0.0613. The summed E-state index contributed by atoms with van der Waals surface area (Å²) in [4.78, 5) is 22.1. The molecule has 0 aliphatic rings. The van der Waals surface area contributed by atoms with E-state index in [-0.39, 0.29) is 5.78 Å². The van der Waals surface area contributed by atoms with Gasteiger partial charge in [-0.15, -0.1) is 0 Å². The molecule has 0 saturated heterocycles. The number of aliphatic carboxylic acids is 1. The van der Waals surface area contributed by atoms with Gasteiger partial charge in [-0.25, -0.2) is 0 Å². The molecule has 2 N–H and O–H groups in total. The summed E-state index contributed by atoms with van der Waals surface area (Å²) in [6.45, 7) is 9.18. The maximum Gasteiger partial charge on any atom is 0.320 e. The molecule has 4 heteroatoms. The maximum atomic E-state index is 11.1. The number of rotatable bonds is 7. The van der Waals surface area contributed by atoms with Crippen molar-refractivity contribution in [3.05, 3.63) is 0 Å². The van der Waals surface area contributed by atoms with Crippen molar-refractivity contribution in [1.29, 1.82) is 0 Å². The van der Waals surface area contributed by atoms with Crippen molar-refractivity contribution in [2.75, 3.05) is 0 Å². The number of hydrogen-bond donors (Lipinski definition) is 2. The predicted molar refractivity (Wildman–Crippen MR) is 63.4 cm³/mol. The van der Waals surface area contributed by atoms with Crippen LogP contribution in [0.2, 0.25) is 0 Å². The van der Waals surface area contributed by atoms with Crippen LogP contribution in [0.25, 0.3) is 0 Å². The van der Waals surface area contributed by atoms with Gasteiger partial charge in [-0.3, -0.25) is 14.9 Å². The van der Waals surface area contributed by atoms with Gasteiger partial charge in [0.15, 0.2) is 0 Å². The lowest BCUT2D eigenvalue weighted by molar-refractivity contribution is -0.140. The van der Waals surface area contributed by atoms with Crippen LogP contribution in [0.1, 0.15) is 47.5 Å². The number of Topliss-reactive ketones (excluding diaryl/α,β-unsaturated/α-hetero) is 1. The highest BCUT2D eigenvalue weighted by atomic mass is 16.4. The van der Waals surface area contributed by atoms with Gasteiger partial charge in [-0.2, -0.15) is 0 Å². The van der Waals surface area contributed by atoms with Gasteiger partial charge in [-0.05, 0) is 33.1 Å². The van der Waals surface area contributed by atoms with E-state index in [1.54, 1.807) is 0 Å². The summed E-state index contributed by atoms with van der Waals surface area (Å²) in [5.41, 5.74) is -0.468. The van der Waals surface area contributed by atoms with Crippen LogP contribution in [0, 0.1) is 5.92 Å². The number of hydrogen-bond acceptors (Lipinski definition) is 3. The summed E-state index contributed by atoms with van der Waals surface area (Å²) < 4.78 is 0. The van der Waals surface area contributed by atoms with E-state index >= 15 is 0 Å². The molecule has 0 aromatic heterocycles. The Morgan fingerprint density at radius 2 is 1.81 bits per heavy atom. The molecule has 0 radical (unpaired) electrons. The van der Waals surface area contributed by atoms with Crippen LogP contribution < -0.4 is 5.32 Å². The van der Waals surface area contributed by atoms with E-state index in [0.717, 1.165) is 0 Å². The van der Waals surface area contributed by atoms with E-state index in [2.05, 4.69) is 5.32 Å². The molecule has 0 rings (SSSR count). The van der Waals surface area contributed by atoms with Crippen LogP contribution in [0.4, 0.5) is 0 Å². The molecule has 0 bridgehead atoms.